The molecule has 1 rings (SSSR count). The second kappa shape index (κ2) is 3.61. The summed E-state index contributed by atoms with van der Waals surface area (Å²) in [5, 5.41) is 0. The fourth-order valence-electron chi connectivity index (χ4n) is 0.604. The van der Waals surface area contributed by atoms with Crippen LogP contribution in [0.2, 0.25) is 0 Å². The summed E-state index contributed by atoms with van der Waals surface area (Å²) in [6, 6.07) is 3.50. The third-order valence-corrected chi connectivity index (χ3v) is 1.13. The molecule has 0 aliphatic rings. The zero-order valence-corrected chi connectivity index (χ0v) is 6.11. The van der Waals surface area contributed by atoms with Gasteiger partial charge in [0.2, 0.25) is 0 Å². The van der Waals surface area contributed by atoms with Crippen molar-refractivity contribution in [1.29, 1.82) is 0 Å². The number of rotatable bonds is 2. The molecule has 11 heavy (non-hydrogen) atoms. The molecule has 1 aromatic heterocycles. The van der Waals surface area contributed by atoms with Gasteiger partial charge in [-0.1, -0.05) is 0 Å². The van der Waals surface area contributed by atoms with E-state index in [1.165, 1.54) is 19.4 Å². The van der Waals surface area contributed by atoms with Gasteiger partial charge in [0.05, 0.1) is 13.4 Å². The van der Waals surface area contributed by atoms with E-state index in [4.69, 9.17) is 4.42 Å². The molecule has 0 bridgehead atoms. The normalized spacial score (nSPS) is 10.3. The van der Waals surface area contributed by atoms with Gasteiger partial charge in [0.25, 0.3) is 0 Å². The van der Waals surface area contributed by atoms with Crippen LogP contribution in [0, 0.1) is 0 Å². The molecule has 0 saturated heterocycles. The van der Waals surface area contributed by atoms with Crippen molar-refractivity contribution < 1.29 is 13.9 Å². The zero-order chi connectivity index (χ0) is 8.10. The Morgan fingerprint density at radius 1 is 1.73 bits per heavy atom. The van der Waals surface area contributed by atoms with Crippen LogP contribution in [0.3, 0.4) is 0 Å². The lowest BCUT2D eigenvalue weighted by Crippen LogP contribution is -1.92. The van der Waals surface area contributed by atoms with Crippen molar-refractivity contribution in [2.45, 2.75) is 0 Å². The van der Waals surface area contributed by atoms with Crippen LogP contribution in [0.25, 0.3) is 6.08 Å². The van der Waals surface area contributed by atoms with Gasteiger partial charge in [0, 0.05) is 6.08 Å². The minimum Gasteiger partial charge on any atom is -0.466 e. The third kappa shape index (κ3) is 2.29. The van der Waals surface area contributed by atoms with Crippen molar-refractivity contribution in [3.63, 3.8) is 0 Å². The van der Waals surface area contributed by atoms with E-state index >= 15 is 0 Å². The maximum absolute atomic E-state index is 10.6. The van der Waals surface area contributed by atoms with Crippen molar-refractivity contribution in [2.75, 3.05) is 7.11 Å². The van der Waals surface area contributed by atoms with Crippen LogP contribution in [-0.4, -0.2) is 13.1 Å². The van der Waals surface area contributed by atoms with Crippen LogP contribution in [0.4, 0.5) is 0 Å². The standard InChI is InChI=1S/C8H8O3/c1-10-8(9)5-4-7-3-2-6-11-7/h2-6H,1H3. The largest absolute Gasteiger partial charge is 0.466 e. The lowest BCUT2D eigenvalue weighted by molar-refractivity contribution is -0.134. The van der Waals surface area contributed by atoms with Gasteiger partial charge >= 0.3 is 5.97 Å². The molecule has 1 heterocycles. The van der Waals surface area contributed by atoms with Gasteiger partial charge < -0.3 is 9.15 Å². The highest BCUT2D eigenvalue weighted by molar-refractivity contribution is 5.86. The van der Waals surface area contributed by atoms with Gasteiger partial charge in [0.1, 0.15) is 5.76 Å². The summed E-state index contributed by atoms with van der Waals surface area (Å²) >= 11 is 0. The van der Waals surface area contributed by atoms with Gasteiger partial charge in [-0.3, -0.25) is 0 Å². The Balaban J connectivity index is 2.55. The first-order valence-corrected chi connectivity index (χ1v) is 3.12. The summed E-state index contributed by atoms with van der Waals surface area (Å²) in [7, 11) is 1.33. The van der Waals surface area contributed by atoms with E-state index in [0.29, 0.717) is 5.76 Å². The second-order valence-electron chi connectivity index (χ2n) is 1.87. The highest BCUT2D eigenvalue weighted by Crippen LogP contribution is 2.01. The highest BCUT2D eigenvalue weighted by Gasteiger charge is 1.91. The van der Waals surface area contributed by atoms with Crippen molar-refractivity contribution in [3.8, 4) is 0 Å². The fraction of sp³-hybridized carbons (Fsp3) is 0.125. The van der Waals surface area contributed by atoms with Gasteiger partial charge in [0.15, 0.2) is 0 Å². The van der Waals surface area contributed by atoms with Crippen LogP contribution in [0.1, 0.15) is 5.76 Å². The molecule has 0 radical (unpaired) electrons. The number of ether oxygens (including phenoxy) is 1. The average molecular weight is 152 g/mol. The number of esters is 1. The monoisotopic (exact) mass is 152 g/mol. The first kappa shape index (κ1) is 7.60. The molecule has 0 aliphatic heterocycles. The molecule has 3 nitrogen and oxygen atoms in total. The van der Waals surface area contributed by atoms with E-state index in [1.807, 2.05) is 0 Å². The molecule has 0 spiro atoms. The van der Waals surface area contributed by atoms with E-state index in [2.05, 4.69) is 4.74 Å². The number of carbonyl (C=O) groups excluding carboxylic acids is 1. The molecule has 0 aliphatic carbocycles. The Bertz CT molecular complexity index is 246. The number of furan rings is 1. The van der Waals surface area contributed by atoms with E-state index < -0.39 is 0 Å². The first-order valence-electron chi connectivity index (χ1n) is 3.12. The Kier molecular flexibility index (Phi) is 2.49. The molecule has 0 saturated carbocycles. The SMILES string of the molecule is COC(=O)C=Cc1ccco1. The Morgan fingerprint density at radius 2 is 2.55 bits per heavy atom. The second-order valence-corrected chi connectivity index (χ2v) is 1.87. The molecular weight excluding hydrogens is 144 g/mol. The van der Waals surface area contributed by atoms with Gasteiger partial charge in [-0.05, 0) is 18.2 Å². The van der Waals surface area contributed by atoms with Crippen LogP contribution < -0.4 is 0 Å². The molecular formula is C8H8O3. The van der Waals surface area contributed by atoms with Crippen LogP contribution in [-0.2, 0) is 9.53 Å². The van der Waals surface area contributed by atoms with E-state index in [9.17, 15) is 4.79 Å². The number of methoxy groups -OCH3 is 1. The Hall–Kier alpha value is -1.51. The zero-order valence-electron chi connectivity index (χ0n) is 6.11. The molecule has 1 aromatic rings. The minimum absolute atomic E-state index is 0.388. The fourth-order valence-corrected chi connectivity index (χ4v) is 0.604. The smallest absolute Gasteiger partial charge is 0.330 e. The summed E-state index contributed by atoms with van der Waals surface area (Å²) < 4.78 is 9.31. The van der Waals surface area contributed by atoms with Crippen LogP contribution in [0.5, 0.6) is 0 Å². The molecule has 0 N–H and O–H groups in total. The maximum atomic E-state index is 10.6. The Labute approximate surface area is 64.3 Å². The number of carbonyl (C=O) groups is 1. The van der Waals surface area contributed by atoms with Crippen LogP contribution in [0.15, 0.2) is 28.9 Å². The van der Waals surface area contributed by atoms with Gasteiger partial charge in [-0.25, -0.2) is 4.79 Å². The van der Waals surface area contributed by atoms with E-state index in [0.717, 1.165) is 0 Å². The summed E-state index contributed by atoms with van der Waals surface area (Å²) in [5.41, 5.74) is 0. The van der Waals surface area contributed by atoms with E-state index in [-0.39, 0.29) is 5.97 Å². The van der Waals surface area contributed by atoms with Crippen molar-refractivity contribution in [2.24, 2.45) is 0 Å². The summed E-state index contributed by atoms with van der Waals surface area (Å²) in [6.45, 7) is 0. The lowest BCUT2D eigenvalue weighted by Gasteiger charge is -1.87. The van der Waals surface area contributed by atoms with Crippen molar-refractivity contribution >= 4 is 12.0 Å². The average Bonchev–Trinajstić information content (AvgIpc) is 2.52. The third-order valence-electron chi connectivity index (χ3n) is 1.13. The van der Waals surface area contributed by atoms with E-state index in [1.54, 1.807) is 18.2 Å². The number of hydrogen-bond acceptors (Lipinski definition) is 3. The molecule has 3 heteroatoms. The summed E-state index contributed by atoms with van der Waals surface area (Å²) in [5.74, 6) is 0.247. The maximum Gasteiger partial charge on any atom is 0.330 e. The predicted molar refractivity (Wildman–Crippen MR) is 39.8 cm³/mol. The molecule has 0 amide bonds. The summed E-state index contributed by atoms with van der Waals surface area (Å²) in [6.07, 6.45) is 4.39. The molecule has 0 unspecified atom stereocenters. The molecule has 0 atom stereocenters. The quantitative estimate of drug-likeness (QED) is 0.475. The Morgan fingerprint density at radius 3 is 3.09 bits per heavy atom. The molecule has 0 aromatic carbocycles. The first-order chi connectivity index (χ1) is 5.33. The highest BCUT2D eigenvalue weighted by atomic mass is 16.5. The molecule has 0 fully saturated rings. The van der Waals surface area contributed by atoms with Crippen molar-refractivity contribution in [1.82, 2.24) is 0 Å². The lowest BCUT2D eigenvalue weighted by atomic mass is 10.4. The van der Waals surface area contributed by atoms with Crippen LogP contribution >= 0.6 is 0 Å². The van der Waals surface area contributed by atoms with Gasteiger partial charge in [-0.15, -0.1) is 0 Å². The number of hydrogen-bond donors (Lipinski definition) is 0. The minimum atomic E-state index is -0.388. The van der Waals surface area contributed by atoms with Crippen molar-refractivity contribution in [3.05, 3.63) is 30.2 Å². The topological polar surface area (TPSA) is 39.4 Å². The van der Waals surface area contributed by atoms with Gasteiger partial charge in [-0.2, -0.15) is 0 Å². The molecule has 58 valence electrons. The predicted octanol–water partition coefficient (Wildman–Crippen LogP) is 1.47. The summed E-state index contributed by atoms with van der Waals surface area (Å²) in [4.78, 5) is 10.6.